The molecule has 0 aliphatic carbocycles. The van der Waals surface area contributed by atoms with Crippen LogP contribution in [0.3, 0.4) is 0 Å². The van der Waals surface area contributed by atoms with Gasteiger partial charge in [0.25, 0.3) is 0 Å². The largest absolute Gasteiger partial charge is 1.00 e. The predicted molar refractivity (Wildman–Crippen MR) is 27.8 cm³/mol. The molecule has 0 bridgehead atoms. The third-order valence-corrected chi connectivity index (χ3v) is 0.553. The molecule has 0 aliphatic rings. The summed E-state index contributed by atoms with van der Waals surface area (Å²) >= 11 is 0. The number of carboxylic acid groups (broad SMARTS) is 2. The van der Waals surface area contributed by atoms with E-state index in [0.29, 0.717) is 0 Å². The fourth-order valence-corrected chi connectivity index (χ4v) is 0.214. The molecule has 52 valence electrons. The molecular formula is C4H9Na3O4. The summed E-state index contributed by atoms with van der Waals surface area (Å²) in [5.41, 5.74) is 0. The predicted octanol–water partition coefficient (Wildman–Crippen LogP) is -8.71. The number of hydrogen-bond acceptors (Lipinski definition) is 2. The second kappa shape index (κ2) is 14.5. The number of carbonyl (C=O) groups is 2. The van der Waals surface area contributed by atoms with E-state index in [1.807, 2.05) is 0 Å². The molecule has 0 heterocycles. The van der Waals surface area contributed by atoms with Crippen molar-refractivity contribution in [2.24, 2.45) is 0 Å². The summed E-state index contributed by atoms with van der Waals surface area (Å²) < 4.78 is 0. The molecular weight excluding hydrogens is 181 g/mol. The molecule has 11 heavy (non-hydrogen) atoms. The first-order chi connectivity index (χ1) is 3.63. The van der Waals surface area contributed by atoms with Gasteiger partial charge in [-0.1, -0.05) is 0 Å². The van der Waals surface area contributed by atoms with Crippen molar-refractivity contribution in [1.29, 1.82) is 0 Å². The zero-order valence-electron chi connectivity index (χ0n) is 10.1. The summed E-state index contributed by atoms with van der Waals surface area (Å²) in [5.74, 6) is -2.15. The van der Waals surface area contributed by atoms with Gasteiger partial charge in [0, 0.05) is 0 Å². The standard InChI is InChI=1S/C4H6O4.3Na.3H/c5-3(6)1-2-4(7)8;;;;;;/h1-2H2,(H,5,6)(H,7,8);;;;;;/q;3*+1;3*-1. The minimum atomic E-state index is -1.08. The van der Waals surface area contributed by atoms with Gasteiger partial charge < -0.3 is 14.5 Å². The minimum absolute atomic E-state index is 0. The third kappa shape index (κ3) is 24.5. The van der Waals surface area contributed by atoms with Gasteiger partial charge in [-0.15, -0.1) is 0 Å². The molecule has 0 saturated carbocycles. The van der Waals surface area contributed by atoms with Crippen LogP contribution in [0.25, 0.3) is 0 Å². The zero-order valence-corrected chi connectivity index (χ0v) is 13.1. The van der Waals surface area contributed by atoms with Crippen molar-refractivity contribution in [2.45, 2.75) is 12.8 Å². The van der Waals surface area contributed by atoms with Crippen LogP contribution in [-0.4, -0.2) is 22.2 Å². The molecule has 0 rings (SSSR count). The van der Waals surface area contributed by atoms with E-state index in [1.54, 1.807) is 0 Å². The first kappa shape index (κ1) is 23.1. The molecule has 0 aromatic carbocycles. The van der Waals surface area contributed by atoms with Crippen molar-refractivity contribution in [2.75, 3.05) is 0 Å². The van der Waals surface area contributed by atoms with Crippen molar-refractivity contribution in [3.8, 4) is 0 Å². The van der Waals surface area contributed by atoms with Gasteiger partial charge in [0.05, 0.1) is 12.8 Å². The molecule has 0 spiro atoms. The summed E-state index contributed by atoms with van der Waals surface area (Å²) in [6, 6.07) is 0. The average molecular weight is 190 g/mol. The van der Waals surface area contributed by atoms with Gasteiger partial charge in [-0.05, 0) is 0 Å². The normalized spacial score (nSPS) is 6.18. The van der Waals surface area contributed by atoms with Crippen molar-refractivity contribution >= 4 is 11.9 Å². The van der Waals surface area contributed by atoms with E-state index in [9.17, 15) is 9.59 Å². The van der Waals surface area contributed by atoms with Crippen LogP contribution in [0.15, 0.2) is 0 Å². The monoisotopic (exact) mass is 190 g/mol. The molecule has 0 aliphatic heterocycles. The Bertz CT molecular complexity index is 112. The Labute approximate surface area is 135 Å². The number of hydrogen-bond donors (Lipinski definition) is 2. The van der Waals surface area contributed by atoms with Gasteiger partial charge in [-0.2, -0.15) is 0 Å². The molecule has 4 nitrogen and oxygen atoms in total. The maximum atomic E-state index is 9.64. The molecule has 0 aromatic rings. The molecule has 0 saturated heterocycles. The smallest absolute Gasteiger partial charge is 1.00 e. The Hall–Kier alpha value is 1.94. The molecule has 2 N–H and O–H groups in total. The van der Waals surface area contributed by atoms with E-state index in [0.717, 1.165) is 0 Å². The van der Waals surface area contributed by atoms with E-state index in [1.165, 1.54) is 0 Å². The SMILES string of the molecule is O=C(O)CCC(=O)O.[H-].[H-].[H-].[Na+].[Na+].[Na+]. The summed E-state index contributed by atoms with van der Waals surface area (Å²) in [6.45, 7) is 0. The molecule has 0 unspecified atom stereocenters. The van der Waals surface area contributed by atoms with Gasteiger partial charge in [-0.25, -0.2) is 0 Å². The Morgan fingerprint density at radius 3 is 1.18 bits per heavy atom. The first-order valence-corrected chi connectivity index (χ1v) is 2.06. The number of aliphatic carboxylic acids is 2. The van der Waals surface area contributed by atoms with Gasteiger partial charge in [0.1, 0.15) is 0 Å². The molecule has 0 radical (unpaired) electrons. The molecule has 7 heteroatoms. The van der Waals surface area contributed by atoms with Gasteiger partial charge in [0.2, 0.25) is 0 Å². The minimum Gasteiger partial charge on any atom is -1.00 e. The van der Waals surface area contributed by atoms with Crippen molar-refractivity contribution < 1.29 is 113 Å². The summed E-state index contributed by atoms with van der Waals surface area (Å²) in [4.78, 5) is 19.3. The van der Waals surface area contributed by atoms with Gasteiger partial charge in [-0.3, -0.25) is 9.59 Å². The van der Waals surface area contributed by atoms with Crippen molar-refractivity contribution in [1.82, 2.24) is 0 Å². The summed E-state index contributed by atoms with van der Waals surface area (Å²) in [6.07, 6.45) is -0.593. The van der Waals surface area contributed by atoms with Crippen LogP contribution < -0.4 is 88.7 Å². The maximum Gasteiger partial charge on any atom is 1.00 e. The van der Waals surface area contributed by atoms with E-state index in [4.69, 9.17) is 10.2 Å². The molecule has 0 amide bonds. The van der Waals surface area contributed by atoms with Gasteiger partial charge >= 0.3 is 101 Å². The fourth-order valence-electron chi connectivity index (χ4n) is 0.214. The van der Waals surface area contributed by atoms with Crippen LogP contribution in [0.4, 0.5) is 0 Å². The number of carboxylic acids is 2. The number of rotatable bonds is 3. The topological polar surface area (TPSA) is 74.6 Å². The van der Waals surface area contributed by atoms with Crippen molar-refractivity contribution in [3.05, 3.63) is 0 Å². The zero-order chi connectivity index (χ0) is 6.57. The first-order valence-electron chi connectivity index (χ1n) is 2.06. The third-order valence-electron chi connectivity index (χ3n) is 0.553. The molecule has 0 fully saturated rings. The van der Waals surface area contributed by atoms with E-state index < -0.39 is 11.9 Å². The van der Waals surface area contributed by atoms with Crippen LogP contribution >= 0.6 is 0 Å². The Morgan fingerprint density at radius 1 is 0.909 bits per heavy atom. The second-order valence-corrected chi connectivity index (χ2v) is 1.29. The van der Waals surface area contributed by atoms with E-state index >= 15 is 0 Å². The Balaban J connectivity index is -0.0000000163. The van der Waals surface area contributed by atoms with E-state index in [2.05, 4.69) is 0 Å². The average Bonchev–Trinajstić information content (AvgIpc) is 1.61. The summed E-state index contributed by atoms with van der Waals surface area (Å²) in [7, 11) is 0. The second-order valence-electron chi connectivity index (χ2n) is 1.29. The molecule has 0 aromatic heterocycles. The fraction of sp³-hybridized carbons (Fsp3) is 0.500. The summed E-state index contributed by atoms with van der Waals surface area (Å²) in [5, 5.41) is 15.8. The maximum absolute atomic E-state index is 9.64. The van der Waals surface area contributed by atoms with Crippen LogP contribution in [0.5, 0.6) is 0 Å². The Kier molecular flexibility index (Phi) is 30.3. The quantitative estimate of drug-likeness (QED) is 0.433. The van der Waals surface area contributed by atoms with Crippen LogP contribution in [0.1, 0.15) is 17.1 Å². The van der Waals surface area contributed by atoms with Crippen LogP contribution in [0, 0.1) is 0 Å². The Morgan fingerprint density at radius 2 is 1.09 bits per heavy atom. The molecule has 0 atom stereocenters. The van der Waals surface area contributed by atoms with Gasteiger partial charge in [0.15, 0.2) is 0 Å². The van der Waals surface area contributed by atoms with Crippen molar-refractivity contribution in [3.63, 3.8) is 0 Å². The van der Waals surface area contributed by atoms with Crippen LogP contribution in [0.2, 0.25) is 0 Å². The van der Waals surface area contributed by atoms with Crippen LogP contribution in [-0.2, 0) is 9.59 Å². The van der Waals surface area contributed by atoms with E-state index in [-0.39, 0.29) is 106 Å².